The van der Waals surface area contributed by atoms with E-state index in [1.807, 2.05) is 6.21 Å². The van der Waals surface area contributed by atoms with E-state index in [4.69, 9.17) is 4.99 Å². The first kappa shape index (κ1) is 26.2. The highest BCUT2D eigenvalue weighted by Crippen LogP contribution is 2.32. The third kappa shape index (κ3) is 7.82. The fraction of sp³-hybridized carbons (Fsp3) is 0.759. The van der Waals surface area contributed by atoms with Crippen molar-refractivity contribution < 1.29 is 9.59 Å². The van der Waals surface area contributed by atoms with E-state index in [0.717, 1.165) is 30.8 Å². The summed E-state index contributed by atoms with van der Waals surface area (Å²) < 4.78 is 1.20. The van der Waals surface area contributed by atoms with Gasteiger partial charge in [-0.1, -0.05) is 65.9 Å². The number of aliphatic imine (C=N–C) groups is 1. The van der Waals surface area contributed by atoms with Crippen LogP contribution in [0.4, 0.5) is 0 Å². The molecule has 0 radical (unpaired) electrons. The second kappa shape index (κ2) is 11.8. The van der Waals surface area contributed by atoms with E-state index >= 15 is 0 Å². The van der Waals surface area contributed by atoms with E-state index in [-0.39, 0.29) is 5.41 Å². The number of phenols is 1. The Kier molecular flexibility index (Phi) is 9.41. The Morgan fingerprint density at radius 1 is 1.06 bits per heavy atom. The number of quaternary nitrogens is 1. The quantitative estimate of drug-likeness (QED) is 0.269. The summed E-state index contributed by atoms with van der Waals surface area (Å²) in [6.07, 6.45) is 13.6. The fourth-order valence-electron chi connectivity index (χ4n) is 5.32. The molecule has 0 amide bonds. The van der Waals surface area contributed by atoms with Gasteiger partial charge in [0.1, 0.15) is 5.75 Å². The lowest BCUT2D eigenvalue weighted by molar-refractivity contribution is -0.914. The van der Waals surface area contributed by atoms with Crippen molar-refractivity contribution in [2.45, 2.75) is 103 Å². The number of benzene rings is 1. The SMILES string of the molecule is CCCCCC[N+]1(C)CCN(Cc2cc(C(C)(C)C)cc(C=NC3CCCCC3)c2O)CC1. The maximum Gasteiger partial charge on any atom is 0.128 e. The number of likely N-dealkylation sites (N-methyl/N-ethyl adjacent to an activating group) is 1. The van der Waals surface area contributed by atoms with Gasteiger partial charge < -0.3 is 9.59 Å². The maximum atomic E-state index is 11.2. The van der Waals surface area contributed by atoms with Crippen molar-refractivity contribution in [1.82, 2.24) is 4.90 Å². The minimum absolute atomic E-state index is 0.0473. The number of aromatic hydroxyl groups is 1. The lowest BCUT2D eigenvalue weighted by atomic mass is 9.84. The zero-order valence-electron chi connectivity index (χ0n) is 22.2. The van der Waals surface area contributed by atoms with E-state index in [0.29, 0.717) is 11.8 Å². The Morgan fingerprint density at radius 3 is 2.39 bits per heavy atom. The van der Waals surface area contributed by atoms with Crippen LogP contribution in [-0.2, 0) is 12.0 Å². The number of piperazine rings is 1. The topological polar surface area (TPSA) is 35.8 Å². The molecule has 2 fully saturated rings. The molecular weight excluding hydrogens is 406 g/mol. The van der Waals surface area contributed by atoms with Crippen molar-refractivity contribution in [3.8, 4) is 5.75 Å². The van der Waals surface area contributed by atoms with Gasteiger partial charge in [-0.15, -0.1) is 0 Å². The fourth-order valence-corrected chi connectivity index (χ4v) is 5.32. The van der Waals surface area contributed by atoms with Crippen LogP contribution < -0.4 is 0 Å². The lowest BCUT2D eigenvalue weighted by Gasteiger charge is -2.42. The summed E-state index contributed by atoms with van der Waals surface area (Å²) in [6, 6.07) is 4.82. The monoisotopic (exact) mass is 456 g/mol. The van der Waals surface area contributed by atoms with Gasteiger partial charge in [0.2, 0.25) is 0 Å². The molecule has 2 aliphatic rings. The van der Waals surface area contributed by atoms with Crippen molar-refractivity contribution >= 4 is 6.21 Å². The first-order valence-electron chi connectivity index (χ1n) is 13.7. The average Bonchev–Trinajstić information content (AvgIpc) is 2.79. The van der Waals surface area contributed by atoms with Crippen LogP contribution in [-0.4, -0.2) is 66.5 Å². The molecule has 1 aromatic carbocycles. The van der Waals surface area contributed by atoms with E-state index in [9.17, 15) is 5.11 Å². The highest BCUT2D eigenvalue weighted by Gasteiger charge is 2.29. The number of nitrogens with zero attached hydrogens (tertiary/aromatic N) is 3. The van der Waals surface area contributed by atoms with E-state index in [2.05, 4.69) is 51.8 Å². The van der Waals surface area contributed by atoms with Gasteiger partial charge >= 0.3 is 0 Å². The lowest BCUT2D eigenvalue weighted by Crippen LogP contribution is -2.57. The van der Waals surface area contributed by atoms with E-state index in [1.54, 1.807) is 0 Å². The summed E-state index contributed by atoms with van der Waals surface area (Å²) in [5, 5.41) is 11.2. The van der Waals surface area contributed by atoms with Gasteiger partial charge in [-0.2, -0.15) is 0 Å². The zero-order valence-corrected chi connectivity index (χ0v) is 22.2. The van der Waals surface area contributed by atoms with Gasteiger partial charge in [0, 0.05) is 43.0 Å². The molecule has 3 rings (SSSR count). The summed E-state index contributed by atoms with van der Waals surface area (Å²) in [7, 11) is 2.43. The second-order valence-corrected chi connectivity index (χ2v) is 12.0. The Bertz CT molecular complexity index is 766. The van der Waals surface area contributed by atoms with Crippen LogP contribution in [0.2, 0.25) is 0 Å². The largest absolute Gasteiger partial charge is 0.507 e. The summed E-state index contributed by atoms with van der Waals surface area (Å²) in [6.45, 7) is 15.8. The van der Waals surface area contributed by atoms with Crippen LogP contribution in [0.15, 0.2) is 17.1 Å². The molecule has 0 unspecified atom stereocenters. The first-order valence-corrected chi connectivity index (χ1v) is 13.7. The van der Waals surface area contributed by atoms with Crippen molar-refractivity contribution in [3.63, 3.8) is 0 Å². The second-order valence-electron chi connectivity index (χ2n) is 12.0. The summed E-state index contributed by atoms with van der Waals surface area (Å²) in [5.74, 6) is 0.435. The summed E-state index contributed by atoms with van der Waals surface area (Å²) >= 11 is 0. The Morgan fingerprint density at radius 2 is 1.76 bits per heavy atom. The third-order valence-corrected chi connectivity index (χ3v) is 7.94. The number of hydrogen-bond acceptors (Lipinski definition) is 3. The number of hydrogen-bond donors (Lipinski definition) is 1. The Hall–Kier alpha value is -1.39. The molecule has 1 aliphatic carbocycles. The molecule has 0 bridgehead atoms. The minimum atomic E-state index is 0.0473. The van der Waals surface area contributed by atoms with Gasteiger partial charge in [0.05, 0.1) is 26.7 Å². The Balaban J connectivity index is 1.68. The normalized spacial score (nSPS) is 20.5. The summed E-state index contributed by atoms with van der Waals surface area (Å²) in [4.78, 5) is 7.42. The van der Waals surface area contributed by atoms with Gasteiger partial charge in [-0.25, -0.2) is 0 Å². The summed E-state index contributed by atoms with van der Waals surface area (Å²) in [5.41, 5.74) is 3.29. The molecule has 1 aromatic rings. The van der Waals surface area contributed by atoms with Crippen molar-refractivity contribution in [3.05, 3.63) is 28.8 Å². The molecule has 0 atom stereocenters. The molecule has 4 heteroatoms. The third-order valence-electron chi connectivity index (χ3n) is 7.94. The molecule has 4 nitrogen and oxygen atoms in total. The van der Waals surface area contributed by atoms with Crippen LogP contribution in [0, 0.1) is 0 Å². The maximum absolute atomic E-state index is 11.2. The highest BCUT2D eigenvalue weighted by atomic mass is 16.3. The standard InChI is InChI=1S/C29H49N3O/c1-6-7-8-12-17-32(5)18-15-31(16-19-32)23-25-21-26(29(2,3)4)20-24(28(25)33)22-30-27-13-10-9-11-14-27/h20-22,27H,6-19,23H2,1-5H3/p+1. The van der Waals surface area contributed by atoms with E-state index in [1.165, 1.54) is 87.5 Å². The van der Waals surface area contributed by atoms with Gasteiger partial charge in [0.15, 0.2) is 0 Å². The smallest absolute Gasteiger partial charge is 0.128 e. The molecule has 1 saturated heterocycles. The molecule has 1 aliphatic heterocycles. The van der Waals surface area contributed by atoms with Crippen molar-refractivity contribution in [2.75, 3.05) is 39.8 Å². The van der Waals surface area contributed by atoms with Crippen LogP contribution in [0.1, 0.15) is 102 Å². The first-order chi connectivity index (χ1) is 15.7. The van der Waals surface area contributed by atoms with Crippen LogP contribution in [0.5, 0.6) is 5.75 Å². The van der Waals surface area contributed by atoms with Crippen LogP contribution in [0.3, 0.4) is 0 Å². The molecule has 1 heterocycles. The number of unbranched alkanes of at least 4 members (excludes halogenated alkanes) is 3. The highest BCUT2D eigenvalue weighted by molar-refractivity contribution is 5.84. The van der Waals surface area contributed by atoms with Crippen LogP contribution in [0.25, 0.3) is 0 Å². The molecule has 1 N–H and O–H groups in total. The van der Waals surface area contributed by atoms with E-state index < -0.39 is 0 Å². The molecular formula is C29H50N3O+. The predicted molar refractivity (Wildman–Crippen MR) is 141 cm³/mol. The molecule has 0 aromatic heterocycles. The van der Waals surface area contributed by atoms with Gasteiger partial charge in [0.25, 0.3) is 0 Å². The zero-order chi connectivity index (χ0) is 23.9. The van der Waals surface area contributed by atoms with Crippen molar-refractivity contribution in [2.24, 2.45) is 4.99 Å². The average molecular weight is 457 g/mol. The van der Waals surface area contributed by atoms with Gasteiger partial charge in [-0.05, 0) is 42.7 Å². The van der Waals surface area contributed by atoms with Crippen molar-refractivity contribution in [1.29, 1.82) is 0 Å². The van der Waals surface area contributed by atoms with Crippen LogP contribution >= 0.6 is 0 Å². The molecule has 0 spiro atoms. The van der Waals surface area contributed by atoms with Gasteiger partial charge in [-0.3, -0.25) is 9.89 Å². The predicted octanol–water partition coefficient (Wildman–Crippen LogP) is 6.28. The Labute approximate surface area is 203 Å². The number of phenolic OH excluding ortho intramolecular Hbond substituents is 1. The minimum Gasteiger partial charge on any atom is -0.507 e. The molecule has 33 heavy (non-hydrogen) atoms. The number of rotatable bonds is 9. The molecule has 186 valence electrons. The molecule has 1 saturated carbocycles.